The van der Waals surface area contributed by atoms with Crippen LogP contribution in [0.2, 0.25) is 0 Å². The maximum Gasteiger partial charge on any atom is 0.0766 e. The number of unbranched alkanes of at least 4 members (excludes halogenated alkanes) is 10. The SMILES string of the molecule is C[NH+](C)CCCCCCCCCCCCCc1ccccc1.[Br-]. The van der Waals surface area contributed by atoms with Gasteiger partial charge < -0.3 is 21.9 Å². The zero-order chi connectivity index (χ0) is 15.9. The summed E-state index contributed by atoms with van der Waals surface area (Å²) in [6.07, 6.45) is 17.0. The molecule has 0 heterocycles. The Balaban J connectivity index is 0.00000484. The number of hydrogen-bond acceptors (Lipinski definition) is 0. The number of quaternary nitrogens is 1. The maximum atomic E-state index is 2.25. The molecule has 0 aromatic heterocycles. The number of benzene rings is 1. The topological polar surface area (TPSA) is 4.44 Å². The van der Waals surface area contributed by atoms with Gasteiger partial charge in [0.05, 0.1) is 20.6 Å². The Bertz CT molecular complexity index is 337. The van der Waals surface area contributed by atoms with Gasteiger partial charge in [0.1, 0.15) is 0 Å². The molecule has 23 heavy (non-hydrogen) atoms. The maximum absolute atomic E-state index is 2.25. The van der Waals surface area contributed by atoms with Crippen molar-refractivity contribution in [2.75, 3.05) is 20.6 Å². The molecule has 1 N–H and O–H groups in total. The van der Waals surface area contributed by atoms with Gasteiger partial charge in [0.15, 0.2) is 0 Å². The molecule has 0 atom stereocenters. The van der Waals surface area contributed by atoms with Crippen molar-refractivity contribution in [1.29, 1.82) is 0 Å². The Morgan fingerprint density at radius 2 is 1.04 bits per heavy atom. The smallest absolute Gasteiger partial charge is 0.0766 e. The zero-order valence-corrected chi connectivity index (χ0v) is 17.0. The lowest BCUT2D eigenvalue weighted by Crippen LogP contribution is -3.05. The largest absolute Gasteiger partial charge is 1.00 e. The monoisotopic (exact) mass is 383 g/mol. The second-order valence-electron chi connectivity index (χ2n) is 7.08. The van der Waals surface area contributed by atoms with Gasteiger partial charge in [-0.1, -0.05) is 81.7 Å². The number of nitrogens with one attached hydrogen (secondary N) is 1. The fourth-order valence-electron chi connectivity index (χ4n) is 3.04. The predicted octanol–water partition coefficient (Wildman–Crippen LogP) is 1.67. The van der Waals surface area contributed by atoms with Crippen LogP contribution in [-0.4, -0.2) is 20.6 Å². The lowest BCUT2D eigenvalue weighted by molar-refractivity contribution is -0.858. The lowest BCUT2D eigenvalue weighted by atomic mass is 10.0. The van der Waals surface area contributed by atoms with E-state index in [1.807, 2.05) is 0 Å². The van der Waals surface area contributed by atoms with Crippen molar-refractivity contribution >= 4 is 0 Å². The van der Waals surface area contributed by atoms with Crippen molar-refractivity contribution in [3.63, 3.8) is 0 Å². The van der Waals surface area contributed by atoms with E-state index in [4.69, 9.17) is 0 Å². The van der Waals surface area contributed by atoms with Crippen molar-refractivity contribution < 1.29 is 21.9 Å². The Morgan fingerprint density at radius 3 is 1.52 bits per heavy atom. The number of rotatable bonds is 14. The highest BCUT2D eigenvalue weighted by molar-refractivity contribution is 5.14. The fraction of sp³-hybridized carbons (Fsp3) is 0.714. The van der Waals surface area contributed by atoms with E-state index in [1.54, 1.807) is 4.90 Å². The summed E-state index contributed by atoms with van der Waals surface area (Å²) < 4.78 is 0. The molecule has 0 aliphatic carbocycles. The first-order valence-corrected chi connectivity index (χ1v) is 9.62. The van der Waals surface area contributed by atoms with Crippen LogP contribution in [0.15, 0.2) is 30.3 Å². The first-order valence-electron chi connectivity index (χ1n) is 9.62. The van der Waals surface area contributed by atoms with Crippen LogP contribution in [0, 0.1) is 0 Å². The van der Waals surface area contributed by atoms with Crippen LogP contribution in [0.5, 0.6) is 0 Å². The van der Waals surface area contributed by atoms with E-state index in [2.05, 4.69) is 44.4 Å². The van der Waals surface area contributed by atoms with Gasteiger partial charge in [-0.25, -0.2) is 0 Å². The molecule has 2 heteroatoms. The minimum absolute atomic E-state index is 0. The minimum Gasteiger partial charge on any atom is -1.00 e. The quantitative estimate of drug-likeness (QED) is 0.466. The summed E-state index contributed by atoms with van der Waals surface area (Å²) in [6.45, 7) is 1.34. The normalized spacial score (nSPS) is 10.7. The van der Waals surface area contributed by atoms with Gasteiger partial charge in [-0.3, -0.25) is 0 Å². The van der Waals surface area contributed by atoms with E-state index in [1.165, 1.54) is 89.2 Å². The van der Waals surface area contributed by atoms with Crippen LogP contribution in [0.4, 0.5) is 0 Å². The third-order valence-electron chi connectivity index (χ3n) is 4.49. The highest BCUT2D eigenvalue weighted by atomic mass is 79.9. The first kappa shape index (κ1) is 22.7. The zero-order valence-electron chi connectivity index (χ0n) is 15.5. The molecular formula is C21H38BrN. The van der Waals surface area contributed by atoms with Crippen molar-refractivity contribution in [3.8, 4) is 0 Å². The Hall–Kier alpha value is -0.340. The van der Waals surface area contributed by atoms with Crippen molar-refractivity contribution in [2.45, 2.75) is 77.0 Å². The summed E-state index contributed by atoms with van der Waals surface area (Å²) in [4.78, 5) is 1.59. The van der Waals surface area contributed by atoms with E-state index in [-0.39, 0.29) is 17.0 Å². The number of aryl methyl sites for hydroxylation is 1. The third kappa shape index (κ3) is 15.0. The molecule has 1 aromatic carbocycles. The van der Waals surface area contributed by atoms with Gasteiger partial charge in [0.2, 0.25) is 0 Å². The van der Waals surface area contributed by atoms with Crippen LogP contribution in [-0.2, 0) is 6.42 Å². The van der Waals surface area contributed by atoms with E-state index in [0.717, 1.165) is 0 Å². The molecule has 0 aliphatic rings. The molecule has 1 nitrogen and oxygen atoms in total. The van der Waals surface area contributed by atoms with Crippen LogP contribution in [0.3, 0.4) is 0 Å². The van der Waals surface area contributed by atoms with Gasteiger partial charge in [-0.2, -0.15) is 0 Å². The molecule has 0 aliphatic heterocycles. The third-order valence-corrected chi connectivity index (χ3v) is 4.49. The van der Waals surface area contributed by atoms with Gasteiger partial charge in [0.25, 0.3) is 0 Å². The van der Waals surface area contributed by atoms with Crippen LogP contribution in [0.1, 0.15) is 76.2 Å². The molecule has 0 bridgehead atoms. The number of halogens is 1. The molecule has 0 radical (unpaired) electrons. The van der Waals surface area contributed by atoms with E-state index in [9.17, 15) is 0 Å². The minimum atomic E-state index is 0. The van der Waals surface area contributed by atoms with Gasteiger partial charge in [-0.15, -0.1) is 0 Å². The van der Waals surface area contributed by atoms with Gasteiger partial charge in [0, 0.05) is 0 Å². The average molecular weight is 384 g/mol. The van der Waals surface area contributed by atoms with Crippen LogP contribution in [0.25, 0.3) is 0 Å². The summed E-state index contributed by atoms with van der Waals surface area (Å²) in [5, 5.41) is 0. The summed E-state index contributed by atoms with van der Waals surface area (Å²) in [7, 11) is 4.50. The Morgan fingerprint density at radius 1 is 0.609 bits per heavy atom. The summed E-state index contributed by atoms with van der Waals surface area (Å²) in [6, 6.07) is 10.9. The Labute approximate surface area is 155 Å². The van der Waals surface area contributed by atoms with Gasteiger partial charge in [-0.05, 0) is 31.2 Å². The fourth-order valence-corrected chi connectivity index (χ4v) is 3.04. The number of hydrogen-bond donors (Lipinski definition) is 1. The summed E-state index contributed by atoms with van der Waals surface area (Å²) >= 11 is 0. The summed E-state index contributed by atoms with van der Waals surface area (Å²) in [5.41, 5.74) is 1.50. The molecule has 0 unspecified atom stereocenters. The molecule has 1 aromatic rings. The van der Waals surface area contributed by atoms with Crippen molar-refractivity contribution in [3.05, 3.63) is 35.9 Å². The lowest BCUT2D eigenvalue weighted by Gasteiger charge is -2.06. The standard InChI is InChI=1S/C21H37N.BrH/c1-22(2)20-16-11-9-7-5-3-4-6-8-10-13-17-21-18-14-12-15-19-21;/h12,14-15,18-19H,3-11,13,16-17,20H2,1-2H3;1H. The second kappa shape index (κ2) is 16.5. The summed E-state index contributed by atoms with van der Waals surface area (Å²) in [5.74, 6) is 0. The molecule has 0 amide bonds. The highest BCUT2D eigenvalue weighted by Crippen LogP contribution is 2.12. The van der Waals surface area contributed by atoms with Crippen LogP contribution < -0.4 is 21.9 Å². The Kier molecular flexibility index (Phi) is 16.3. The average Bonchev–Trinajstić information content (AvgIpc) is 2.52. The molecule has 0 fully saturated rings. The first-order chi connectivity index (χ1) is 10.8. The predicted molar refractivity (Wildman–Crippen MR) is 98.6 cm³/mol. The molecule has 0 spiro atoms. The van der Waals surface area contributed by atoms with Gasteiger partial charge >= 0.3 is 0 Å². The molecule has 0 saturated carbocycles. The molecular weight excluding hydrogens is 346 g/mol. The highest BCUT2D eigenvalue weighted by Gasteiger charge is 1.96. The van der Waals surface area contributed by atoms with E-state index < -0.39 is 0 Å². The molecule has 0 saturated heterocycles. The van der Waals surface area contributed by atoms with E-state index >= 15 is 0 Å². The van der Waals surface area contributed by atoms with E-state index in [0.29, 0.717) is 0 Å². The van der Waals surface area contributed by atoms with Crippen molar-refractivity contribution in [1.82, 2.24) is 0 Å². The van der Waals surface area contributed by atoms with Crippen LogP contribution >= 0.6 is 0 Å². The molecule has 1 rings (SSSR count). The van der Waals surface area contributed by atoms with Crippen molar-refractivity contribution in [2.24, 2.45) is 0 Å². The second-order valence-corrected chi connectivity index (χ2v) is 7.08. The molecule has 134 valence electrons.